The second-order valence-electron chi connectivity index (χ2n) is 4.76. The number of methoxy groups -OCH3 is 1. The Morgan fingerprint density at radius 1 is 1.55 bits per heavy atom. The number of nitrogens with one attached hydrogen (secondary N) is 2. The molecule has 0 saturated carbocycles. The fourth-order valence-corrected chi connectivity index (χ4v) is 2.44. The Morgan fingerprint density at radius 3 is 2.90 bits per heavy atom. The van der Waals surface area contributed by atoms with Gasteiger partial charge in [0.25, 0.3) is 11.5 Å². The maximum Gasteiger partial charge on any atom is 0.325 e. The number of nitrogens with zero attached hydrogens (tertiary/aromatic N) is 1. The summed E-state index contributed by atoms with van der Waals surface area (Å²) in [5.74, 6) is -0.424. The van der Waals surface area contributed by atoms with Gasteiger partial charge in [0.15, 0.2) is 0 Å². The van der Waals surface area contributed by atoms with Crippen molar-refractivity contribution in [2.75, 3.05) is 20.2 Å². The number of ether oxygens (including phenoxy) is 1. The second-order valence-corrected chi connectivity index (χ2v) is 4.76. The number of nitrogens with two attached hydrogens (primary N) is 1. The normalized spacial score (nSPS) is 22.8. The second kappa shape index (κ2) is 6.02. The minimum Gasteiger partial charge on any atom is -0.381 e. The van der Waals surface area contributed by atoms with Crippen molar-refractivity contribution in [3.8, 4) is 0 Å². The molecule has 4 N–H and O–H groups in total. The fourth-order valence-electron chi connectivity index (χ4n) is 2.44. The summed E-state index contributed by atoms with van der Waals surface area (Å²) in [6.45, 7) is 0.768. The molecular formula is C12H18N4O4. The topological polar surface area (TPSA) is 121 Å². The Bertz CT molecular complexity index is 594. The van der Waals surface area contributed by atoms with Crippen molar-refractivity contribution in [1.82, 2.24) is 14.9 Å². The van der Waals surface area contributed by atoms with Crippen LogP contribution in [0.1, 0.15) is 23.2 Å². The summed E-state index contributed by atoms with van der Waals surface area (Å²) in [6.07, 6.45) is 2.54. The molecule has 8 heteroatoms. The molecule has 1 amide bonds. The summed E-state index contributed by atoms with van der Waals surface area (Å²) in [4.78, 5) is 40.9. The number of hydrogen-bond acceptors (Lipinski definition) is 5. The molecule has 1 aromatic rings. The molecule has 2 atom stereocenters. The van der Waals surface area contributed by atoms with Gasteiger partial charge in [0.1, 0.15) is 5.56 Å². The van der Waals surface area contributed by atoms with Gasteiger partial charge in [-0.05, 0) is 12.8 Å². The molecule has 2 rings (SSSR count). The summed E-state index contributed by atoms with van der Waals surface area (Å²) in [5, 5.41) is 0. The van der Waals surface area contributed by atoms with Gasteiger partial charge in [-0.1, -0.05) is 0 Å². The Hall–Kier alpha value is -1.93. The van der Waals surface area contributed by atoms with E-state index in [1.807, 2.05) is 4.98 Å². The zero-order valence-electron chi connectivity index (χ0n) is 11.2. The molecule has 1 aromatic heterocycles. The number of carbonyl (C=O) groups is 1. The van der Waals surface area contributed by atoms with Crippen molar-refractivity contribution in [1.29, 1.82) is 0 Å². The fraction of sp³-hybridized carbons (Fsp3) is 0.583. The number of rotatable bonds is 3. The summed E-state index contributed by atoms with van der Waals surface area (Å²) >= 11 is 0. The molecule has 0 aromatic carbocycles. The van der Waals surface area contributed by atoms with Crippen LogP contribution in [0.4, 0.5) is 0 Å². The highest BCUT2D eigenvalue weighted by atomic mass is 16.5. The monoisotopic (exact) mass is 282 g/mol. The third-order valence-electron chi connectivity index (χ3n) is 3.58. The van der Waals surface area contributed by atoms with Crippen LogP contribution in [0.5, 0.6) is 0 Å². The molecule has 0 bridgehead atoms. The van der Waals surface area contributed by atoms with Gasteiger partial charge in [0.05, 0.1) is 6.10 Å². The first-order chi connectivity index (χ1) is 9.56. The predicted octanol–water partition coefficient (Wildman–Crippen LogP) is -1.36. The van der Waals surface area contributed by atoms with Crippen LogP contribution in [0.25, 0.3) is 0 Å². The zero-order chi connectivity index (χ0) is 14.7. The Balaban J connectivity index is 2.23. The van der Waals surface area contributed by atoms with Crippen molar-refractivity contribution in [2.45, 2.75) is 25.0 Å². The van der Waals surface area contributed by atoms with E-state index in [9.17, 15) is 14.4 Å². The van der Waals surface area contributed by atoms with E-state index in [1.165, 1.54) is 0 Å². The van der Waals surface area contributed by atoms with Crippen molar-refractivity contribution in [2.24, 2.45) is 5.73 Å². The maximum atomic E-state index is 12.4. The van der Waals surface area contributed by atoms with Crippen molar-refractivity contribution < 1.29 is 9.53 Å². The number of likely N-dealkylation sites (tertiary alicyclic amines) is 1. The van der Waals surface area contributed by atoms with E-state index >= 15 is 0 Å². The zero-order valence-corrected chi connectivity index (χ0v) is 11.2. The SMILES string of the molecule is COC1CCN(C(=O)c2c[nH]c(=O)[nH]c2=O)C(CN)C1. The standard InChI is InChI=1S/C12H18N4O4/c1-20-8-2-3-16(7(4-8)5-13)11(18)9-6-14-12(19)15-10(9)17/h6-8H,2-5,13H2,1H3,(H2,14,15,17,19). The summed E-state index contributed by atoms with van der Waals surface area (Å²) < 4.78 is 5.29. The van der Waals surface area contributed by atoms with Crippen LogP contribution in [0.2, 0.25) is 0 Å². The number of aromatic nitrogens is 2. The van der Waals surface area contributed by atoms with E-state index < -0.39 is 17.2 Å². The van der Waals surface area contributed by atoms with Gasteiger partial charge in [0.2, 0.25) is 0 Å². The number of H-pyrrole nitrogens is 2. The van der Waals surface area contributed by atoms with Gasteiger partial charge < -0.3 is 20.4 Å². The Labute approximate surface area is 114 Å². The van der Waals surface area contributed by atoms with Crippen molar-refractivity contribution in [3.05, 3.63) is 32.6 Å². The lowest BCUT2D eigenvalue weighted by molar-refractivity contribution is 0.0138. The predicted molar refractivity (Wildman–Crippen MR) is 71.6 cm³/mol. The molecule has 1 aliphatic rings. The lowest BCUT2D eigenvalue weighted by Crippen LogP contribution is -2.52. The number of amides is 1. The van der Waals surface area contributed by atoms with Crippen molar-refractivity contribution in [3.63, 3.8) is 0 Å². The molecule has 2 heterocycles. The number of hydrogen-bond donors (Lipinski definition) is 3. The van der Waals surface area contributed by atoms with Crippen LogP contribution in [-0.2, 0) is 4.74 Å². The Kier molecular flexibility index (Phi) is 4.35. The third kappa shape index (κ3) is 2.81. The molecule has 110 valence electrons. The van der Waals surface area contributed by atoms with E-state index in [0.717, 1.165) is 6.20 Å². The van der Waals surface area contributed by atoms with E-state index in [4.69, 9.17) is 10.5 Å². The van der Waals surface area contributed by atoms with E-state index in [2.05, 4.69) is 4.98 Å². The lowest BCUT2D eigenvalue weighted by atomic mass is 9.98. The molecule has 1 aliphatic heterocycles. The number of aromatic amines is 2. The number of piperidine rings is 1. The number of carbonyl (C=O) groups excluding carboxylic acids is 1. The van der Waals surface area contributed by atoms with Crippen LogP contribution in [0.15, 0.2) is 15.8 Å². The molecular weight excluding hydrogens is 264 g/mol. The molecule has 8 nitrogen and oxygen atoms in total. The molecule has 20 heavy (non-hydrogen) atoms. The van der Waals surface area contributed by atoms with Crippen LogP contribution in [-0.4, -0.2) is 53.1 Å². The average Bonchev–Trinajstić information content (AvgIpc) is 2.46. The first-order valence-electron chi connectivity index (χ1n) is 6.42. The van der Waals surface area contributed by atoms with Gasteiger partial charge in [-0.25, -0.2) is 4.79 Å². The largest absolute Gasteiger partial charge is 0.381 e. The first-order valence-corrected chi connectivity index (χ1v) is 6.42. The Morgan fingerprint density at radius 2 is 2.30 bits per heavy atom. The molecule has 0 radical (unpaired) electrons. The van der Waals surface area contributed by atoms with Crippen LogP contribution < -0.4 is 17.0 Å². The van der Waals surface area contributed by atoms with Crippen molar-refractivity contribution >= 4 is 5.91 Å². The van der Waals surface area contributed by atoms with Gasteiger partial charge in [-0.15, -0.1) is 0 Å². The summed E-state index contributed by atoms with van der Waals surface area (Å²) in [6, 6.07) is -0.174. The van der Waals surface area contributed by atoms with Crippen LogP contribution in [0.3, 0.4) is 0 Å². The van der Waals surface area contributed by atoms with Gasteiger partial charge in [-0.3, -0.25) is 14.6 Å². The van der Waals surface area contributed by atoms with Gasteiger partial charge in [0, 0.05) is 32.4 Å². The minimum atomic E-state index is -0.691. The highest BCUT2D eigenvalue weighted by Crippen LogP contribution is 2.20. The molecule has 2 unspecified atom stereocenters. The van der Waals surface area contributed by atoms with Gasteiger partial charge in [-0.2, -0.15) is 0 Å². The maximum absolute atomic E-state index is 12.4. The lowest BCUT2D eigenvalue weighted by Gasteiger charge is -2.38. The smallest absolute Gasteiger partial charge is 0.325 e. The summed E-state index contributed by atoms with van der Waals surface area (Å²) in [7, 11) is 1.63. The van der Waals surface area contributed by atoms with Crippen LogP contribution in [0, 0.1) is 0 Å². The average molecular weight is 282 g/mol. The minimum absolute atomic E-state index is 0.0708. The molecule has 1 saturated heterocycles. The van der Waals surface area contributed by atoms with E-state index in [-0.39, 0.29) is 17.7 Å². The molecule has 0 spiro atoms. The highest BCUT2D eigenvalue weighted by molar-refractivity contribution is 5.93. The summed E-state index contributed by atoms with van der Waals surface area (Å²) in [5.41, 5.74) is 4.28. The molecule has 0 aliphatic carbocycles. The van der Waals surface area contributed by atoms with E-state index in [1.54, 1.807) is 12.0 Å². The first kappa shape index (κ1) is 14.5. The van der Waals surface area contributed by atoms with E-state index in [0.29, 0.717) is 25.9 Å². The molecule has 1 fully saturated rings. The quantitative estimate of drug-likeness (QED) is 0.632. The van der Waals surface area contributed by atoms with Gasteiger partial charge >= 0.3 is 5.69 Å². The van der Waals surface area contributed by atoms with Crippen LogP contribution >= 0.6 is 0 Å². The third-order valence-corrected chi connectivity index (χ3v) is 3.58. The highest BCUT2D eigenvalue weighted by Gasteiger charge is 2.32.